The maximum Gasteiger partial charge on any atom is 0.424 e. The maximum absolute atomic E-state index is 13.2. The summed E-state index contributed by atoms with van der Waals surface area (Å²) in [4.78, 5) is 3.62. The Morgan fingerprint density at radius 2 is 2.14 bits per heavy atom. The van der Waals surface area contributed by atoms with Crippen molar-refractivity contribution in [2.45, 2.75) is 24.7 Å². The van der Waals surface area contributed by atoms with Crippen LogP contribution >= 0.6 is 11.6 Å². The summed E-state index contributed by atoms with van der Waals surface area (Å²) in [7, 11) is 1.40. The third-order valence-corrected chi connectivity index (χ3v) is 3.45. The van der Waals surface area contributed by atoms with E-state index in [-0.39, 0.29) is 18.3 Å². The Bertz CT molecular complexity index is 626. The number of halogens is 4. The molecule has 2 rings (SSSR count). The molecule has 0 radical (unpaired) electrons. The molecule has 9 heteroatoms. The first kappa shape index (κ1) is 16.9. The molecule has 2 aromatic heterocycles. The summed E-state index contributed by atoms with van der Waals surface area (Å²) < 4.78 is 45.9. The van der Waals surface area contributed by atoms with E-state index in [0.717, 1.165) is 4.57 Å². The summed E-state index contributed by atoms with van der Waals surface area (Å²) in [6.45, 7) is 0.127. The third kappa shape index (κ3) is 3.45. The Kier molecular flexibility index (Phi) is 4.84. The van der Waals surface area contributed by atoms with Crippen LogP contribution in [0, 0.1) is 0 Å². The van der Waals surface area contributed by atoms with Crippen molar-refractivity contribution in [1.82, 2.24) is 14.9 Å². The number of hydrogen-bond donors (Lipinski definition) is 2. The van der Waals surface area contributed by atoms with Crippen LogP contribution in [0.1, 0.15) is 18.0 Å². The summed E-state index contributed by atoms with van der Waals surface area (Å²) in [5, 5.41) is 13.1. The molecule has 2 N–H and O–H groups in total. The first-order valence-corrected chi connectivity index (χ1v) is 6.83. The standard InChI is InChI=1S/C13H15ClF3N3O2/c1-20-7-6-19-11(20)12(21,13(15,16)17)4-5-18-8-9-2-3-10(14)22-9/h2-3,6-7,18,21H,4-5,8H2,1H3/t12-/m1/s1. The average molecular weight is 338 g/mol. The van der Waals surface area contributed by atoms with E-state index >= 15 is 0 Å². The van der Waals surface area contributed by atoms with Crippen molar-refractivity contribution >= 4 is 11.6 Å². The van der Waals surface area contributed by atoms with Crippen LogP contribution in [-0.2, 0) is 19.2 Å². The van der Waals surface area contributed by atoms with Gasteiger partial charge in [-0.2, -0.15) is 13.2 Å². The molecule has 122 valence electrons. The minimum Gasteiger partial charge on any atom is -0.448 e. The summed E-state index contributed by atoms with van der Waals surface area (Å²) in [6.07, 6.45) is -2.84. The fraction of sp³-hybridized carbons (Fsp3) is 0.462. The lowest BCUT2D eigenvalue weighted by Crippen LogP contribution is -2.46. The second-order valence-corrected chi connectivity index (χ2v) is 5.22. The van der Waals surface area contributed by atoms with E-state index in [1.54, 1.807) is 12.1 Å². The molecule has 0 bridgehead atoms. The van der Waals surface area contributed by atoms with Gasteiger partial charge in [0.2, 0.25) is 5.60 Å². The molecule has 5 nitrogen and oxygen atoms in total. The molecule has 2 heterocycles. The molecule has 0 saturated heterocycles. The Hall–Kier alpha value is -1.51. The lowest BCUT2D eigenvalue weighted by Gasteiger charge is -2.30. The molecule has 22 heavy (non-hydrogen) atoms. The number of alkyl halides is 3. The van der Waals surface area contributed by atoms with E-state index in [1.165, 1.54) is 19.4 Å². The number of hydrogen-bond acceptors (Lipinski definition) is 4. The first-order valence-electron chi connectivity index (χ1n) is 6.46. The number of aromatic nitrogens is 2. The molecule has 0 aliphatic heterocycles. The van der Waals surface area contributed by atoms with E-state index in [0.29, 0.717) is 5.76 Å². The maximum atomic E-state index is 13.2. The van der Waals surface area contributed by atoms with Crippen molar-refractivity contribution in [2.24, 2.45) is 7.05 Å². The Morgan fingerprint density at radius 1 is 1.41 bits per heavy atom. The van der Waals surface area contributed by atoms with E-state index in [2.05, 4.69) is 10.3 Å². The molecular formula is C13H15ClF3N3O2. The molecular weight excluding hydrogens is 323 g/mol. The lowest BCUT2D eigenvalue weighted by atomic mass is 9.97. The number of nitrogens with one attached hydrogen (secondary N) is 1. The van der Waals surface area contributed by atoms with E-state index in [1.807, 2.05) is 0 Å². The van der Waals surface area contributed by atoms with Gasteiger partial charge >= 0.3 is 6.18 Å². The number of imidazole rings is 1. The minimum atomic E-state index is -4.83. The van der Waals surface area contributed by atoms with Crippen molar-refractivity contribution in [2.75, 3.05) is 6.54 Å². The zero-order valence-electron chi connectivity index (χ0n) is 11.7. The van der Waals surface area contributed by atoms with Gasteiger partial charge in [0, 0.05) is 25.9 Å². The molecule has 0 amide bonds. The summed E-state index contributed by atoms with van der Waals surface area (Å²) >= 11 is 5.60. The van der Waals surface area contributed by atoms with Crippen LogP contribution in [0.5, 0.6) is 0 Å². The summed E-state index contributed by atoms with van der Waals surface area (Å²) in [5.41, 5.74) is -3.01. The molecule has 0 aliphatic carbocycles. The number of aliphatic hydroxyl groups is 1. The molecule has 0 saturated carbocycles. The molecule has 0 unspecified atom stereocenters. The topological polar surface area (TPSA) is 63.2 Å². The monoisotopic (exact) mass is 337 g/mol. The van der Waals surface area contributed by atoms with Gasteiger partial charge in [0.25, 0.3) is 0 Å². The largest absolute Gasteiger partial charge is 0.448 e. The van der Waals surface area contributed by atoms with Crippen LogP contribution in [0.25, 0.3) is 0 Å². The van der Waals surface area contributed by atoms with Gasteiger partial charge < -0.3 is 19.4 Å². The van der Waals surface area contributed by atoms with Crippen LogP contribution in [-0.4, -0.2) is 27.4 Å². The first-order chi connectivity index (χ1) is 10.2. The van der Waals surface area contributed by atoms with E-state index < -0.39 is 24.0 Å². The van der Waals surface area contributed by atoms with Gasteiger partial charge in [0.1, 0.15) is 11.6 Å². The molecule has 1 atom stereocenters. The van der Waals surface area contributed by atoms with Crippen molar-refractivity contribution < 1.29 is 22.7 Å². The molecule has 0 spiro atoms. The number of rotatable bonds is 6. The second-order valence-electron chi connectivity index (χ2n) is 4.85. The predicted octanol–water partition coefficient (Wildman–Crippen LogP) is 2.60. The molecule has 0 aromatic carbocycles. The van der Waals surface area contributed by atoms with Crippen LogP contribution in [0.15, 0.2) is 28.9 Å². The zero-order valence-corrected chi connectivity index (χ0v) is 12.4. The van der Waals surface area contributed by atoms with Gasteiger partial charge in [0.05, 0.1) is 6.54 Å². The van der Waals surface area contributed by atoms with Crippen molar-refractivity contribution in [3.8, 4) is 0 Å². The normalized spacial score (nSPS) is 15.0. The predicted molar refractivity (Wildman–Crippen MR) is 73.2 cm³/mol. The Balaban J connectivity index is 2.01. The van der Waals surface area contributed by atoms with Crippen LogP contribution in [0.3, 0.4) is 0 Å². The van der Waals surface area contributed by atoms with Gasteiger partial charge in [-0.25, -0.2) is 4.98 Å². The fourth-order valence-corrected chi connectivity index (χ4v) is 2.23. The highest BCUT2D eigenvalue weighted by atomic mass is 35.5. The second kappa shape index (κ2) is 6.31. The lowest BCUT2D eigenvalue weighted by molar-refractivity contribution is -0.272. The number of furan rings is 1. The minimum absolute atomic E-state index is 0.0822. The van der Waals surface area contributed by atoms with Crippen LogP contribution < -0.4 is 5.32 Å². The van der Waals surface area contributed by atoms with Crippen LogP contribution in [0.2, 0.25) is 5.22 Å². The zero-order chi connectivity index (χ0) is 16.4. The molecule has 0 aliphatic rings. The van der Waals surface area contributed by atoms with Crippen LogP contribution in [0.4, 0.5) is 13.2 Å². The SMILES string of the molecule is Cn1ccnc1[C@](O)(CCNCc1ccc(Cl)o1)C(F)(F)F. The van der Waals surface area contributed by atoms with Crippen molar-refractivity contribution in [1.29, 1.82) is 0 Å². The van der Waals surface area contributed by atoms with Gasteiger partial charge in [-0.15, -0.1) is 0 Å². The highest BCUT2D eigenvalue weighted by molar-refractivity contribution is 6.28. The van der Waals surface area contributed by atoms with Gasteiger partial charge in [-0.05, 0) is 30.3 Å². The van der Waals surface area contributed by atoms with E-state index in [9.17, 15) is 18.3 Å². The van der Waals surface area contributed by atoms with E-state index in [4.69, 9.17) is 16.0 Å². The Labute approximate surface area is 129 Å². The number of nitrogens with zero attached hydrogens (tertiary/aromatic N) is 2. The van der Waals surface area contributed by atoms with Gasteiger partial charge in [-0.3, -0.25) is 0 Å². The average Bonchev–Trinajstić information content (AvgIpc) is 3.02. The highest BCUT2D eigenvalue weighted by Crippen LogP contribution is 2.40. The summed E-state index contributed by atoms with van der Waals surface area (Å²) in [6, 6.07) is 3.16. The quantitative estimate of drug-likeness (QED) is 0.795. The number of aryl methyl sites for hydroxylation is 1. The highest BCUT2D eigenvalue weighted by Gasteiger charge is 2.56. The fourth-order valence-electron chi connectivity index (χ4n) is 2.07. The van der Waals surface area contributed by atoms with Gasteiger partial charge in [0.15, 0.2) is 5.22 Å². The van der Waals surface area contributed by atoms with Crippen molar-refractivity contribution in [3.05, 3.63) is 41.3 Å². The smallest absolute Gasteiger partial charge is 0.424 e. The van der Waals surface area contributed by atoms with Crippen molar-refractivity contribution in [3.63, 3.8) is 0 Å². The Morgan fingerprint density at radius 3 is 2.64 bits per heavy atom. The molecule has 0 fully saturated rings. The molecule has 2 aromatic rings. The van der Waals surface area contributed by atoms with Gasteiger partial charge in [-0.1, -0.05) is 0 Å². The summed E-state index contributed by atoms with van der Waals surface area (Å²) in [5.74, 6) is 0.0559. The third-order valence-electron chi connectivity index (χ3n) is 3.25.